The fourth-order valence-corrected chi connectivity index (χ4v) is 3.66. The maximum Gasteiger partial charge on any atom is 0.310 e. The molecule has 0 aromatic rings. The number of amides is 1. The lowest BCUT2D eigenvalue weighted by Crippen LogP contribution is -2.52. The van der Waals surface area contributed by atoms with Crippen molar-refractivity contribution in [3.8, 4) is 0 Å². The number of hydrogen-bond acceptors (Lipinski definition) is 4. The summed E-state index contributed by atoms with van der Waals surface area (Å²) in [5.41, 5.74) is 0. The second-order valence-corrected chi connectivity index (χ2v) is 6.11. The minimum absolute atomic E-state index is 0.0191. The van der Waals surface area contributed by atoms with E-state index in [1.807, 2.05) is 13.8 Å². The van der Waals surface area contributed by atoms with Gasteiger partial charge in [-0.05, 0) is 39.2 Å². The molecule has 0 bridgehead atoms. The second kappa shape index (κ2) is 7.78. The molecule has 0 spiro atoms. The highest BCUT2D eigenvalue weighted by Crippen LogP contribution is 2.32. The third kappa shape index (κ3) is 4.19. The van der Waals surface area contributed by atoms with Gasteiger partial charge in [0.2, 0.25) is 5.91 Å². The molecule has 5 nitrogen and oxygen atoms in total. The van der Waals surface area contributed by atoms with Gasteiger partial charge >= 0.3 is 5.97 Å². The van der Waals surface area contributed by atoms with Gasteiger partial charge in [0.25, 0.3) is 0 Å². The number of piperidine rings is 1. The lowest BCUT2D eigenvalue weighted by molar-refractivity contribution is -0.150. The molecule has 0 unspecified atom stereocenters. The predicted molar refractivity (Wildman–Crippen MR) is 80.8 cm³/mol. The minimum atomic E-state index is -0.0419. The molecule has 1 aliphatic heterocycles. The van der Waals surface area contributed by atoms with E-state index in [4.69, 9.17) is 4.74 Å². The van der Waals surface area contributed by atoms with Crippen molar-refractivity contribution in [3.63, 3.8) is 0 Å². The molecular formula is C16H28N2O3. The van der Waals surface area contributed by atoms with Crippen molar-refractivity contribution < 1.29 is 14.3 Å². The van der Waals surface area contributed by atoms with Crippen molar-refractivity contribution in [2.24, 2.45) is 5.92 Å². The highest BCUT2D eigenvalue weighted by atomic mass is 16.5. The van der Waals surface area contributed by atoms with Gasteiger partial charge in [0.15, 0.2) is 0 Å². The molecule has 2 aliphatic rings. The van der Waals surface area contributed by atoms with E-state index >= 15 is 0 Å². The summed E-state index contributed by atoms with van der Waals surface area (Å²) in [5.74, 6) is 0.0977. The fraction of sp³-hybridized carbons (Fsp3) is 0.875. The molecule has 0 radical (unpaired) electrons. The number of esters is 1. The maximum absolute atomic E-state index is 12.1. The zero-order valence-corrected chi connectivity index (χ0v) is 13.3. The largest absolute Gasteiger partial charge is 0.466 e. The first-order chi connectivity index (χ1) is 10.2. The van der Waals surface area contributed by atoms with E-state index < -0.39 is 0 Å². The molecule has 1 amide bonds. The Balaban J connectivity index is 1.93. The van der Waals surface area contributed by atoms with Crippen LogP contribution in [0.15, 0.2) is 0 Å². The Kier molecular flexibility index (Phi) is 6.03. The van der Waals surface area contributed by atoms with Gasteiger partial charge in [0.05, 0.1) is 12.5 Å². The molecule has 1 saturated heterocycles. The molecule has 120 valence electrons. The van der Waals surface area contributed by atoms with Gasteiger partial charge < -0.3 is 10.1 Å². The number of ether oxygens (including phenoxy) is 1. The number of carbonyl (C=O) groups is 2. The summed E-state index contributed by atoms with van der Waals surface area (Å²) >= 11 is 0. The summed E-state index contributed by atoms with van der Waals surface area (Å²) in [5, 5.41) is 3.09. The van der Waals surface area contributed by atoms with Crippen molar-refractivity contribution in [1.82, 2.24) is 10.2 Å². The van der Waals surface area contributed by atoms with Crippen molar-refractivity contribution in [3.05, 3.63) is 0 Å². The summed E-state index contributed by atoms with van der Waals surface area (Å²) < 4.78 is 5.22. The van der Waals surface area contributed by atoms with Crippen LogP contribution in [0.5, 0.6) is 0 Å². The van der Waals surface area contributed by atoms with Gasteiger partial charge in [-0.1, -0.05) is 13.3 Å². The van der Waals surface area contributed by atoms with Crippen LogP contribution in [-0.2, 0) is 14.3 Å². The second-order valence-electron chi connectivity index (χ2n) is 6.11. The summed E-state index contributed by atoms with van der Waals surface area (Å²) in [4.78, 5) is 26.0. The number of nitrogens with one attached hydrogen (secondary N) is 1. The zero-order valence-electron chi connectivity index (χ0n) is 13.3. The number of rotatable bonds is 5. The third-order valence-electron chi connectivity index (χ3n) is 4.68. The number of carbonyl (C=O) groups excluding carboxylic acids is 2. The van der Waals surface area contributed by atoms with Crippen molar-refractivity contribution in [2.75, 3.05) is 19.7 Å². The Labute approximate surface area is 127 Å². The van der Waals surface area contributed by atoms with Gasteiger partial charge in [0, 0.05) is 25.0 Å². The van der Waals surface area contributed by atoms with E-state index in [0.717, 1.165) is 45.2 Å². The van der Waals surface area contributed by atoms with E-state index in [0.29, 0.717) is 19.1 Å². The average molecular weight is 296 g/mol. The highest BCUT2D eigenvalue weighted by molar-refractivity contribution is 5.76. The minimum Gasteiger partial charge on any atom is -0.466 e. The summed E-state index contributed by atoms with van der Waals surface area (Å²) in [6.07, 6.45) is 5.76. The smallest absolute Gasteiger partial charge is 0.310 e. The molecule has 21 heavy (non-hydrogen) atoms. The van der Waals surface area contributed by atoms with Crippen LogP contribution in [0, 0.1) is 5.92 Å². The van der Waals surface area contributed by atoms with Crippen LogP contribution in [0.2, 0.25) is 0 Å². The fourth-order valence-electron chi connectivity index (χ4n) is 3.66. The number of hydrogen-bond donors (Lipinski definition) is 1. The first kappa shape index (κ1) is 16.3. The number of nitrogens with zero attached hydrogens (tertiary/aromatic N) is 1. The van der Waals surface area contributed by atoms with Gasteiger partial charge in [-0.2, -0.15) is 0 Å². The van der Waals surface area contributed by atoms with E-state index in [-0.39, 0.29) is 23.8 Å². The Morgan fingerprint density at radius 1 is 1.19 bits per heavy atom. The average Bonchev–Trinajstić information content (AvgIpc) is 2.97. The molecule has 0 aromatic heterocycles. The lowest BCUT2D eigenvalue weighted by Gasteiger charge is -2.38. The summed E-state index contributed by atoms with van der Waals surface area (Å²) in [6, 6.07) is 0.528. The molecule has 0 aromatic carbocycles. The monoisotopic (exact) mass is 296 g/mol. The topological polar surface area (TPSA) is 58.6 Å². The maximum atomic E-state index is 12.1. The van der Waals surface area contributed by atoms with E-state index in [1.54, 1.807) is 0 Å². The molecular weight excluding hydrogens is 268 g/mol. The predicted octanol–water partition coefficient (Wildman–Crippen LogP) is 1.71. The molecule has 2 rings (SSSR count). The van der Waals surface area contributed by atoms with Crippen LogP contribution in [-0.4, -0.2) is 48.6 Å². The van der Waals surface area contributed by atoms with Gasteiger partial charge in [-0.25, -0.2) is 0 Å². The molecule has 2 fully saturated rings. The zero-order chi connectivity index (χ0) is 15.2. The summed E-state index contributed by atoms with van der Waals surface area (Å²) in [7, 11) is 0. The summed E-state index contributed by atoms with van der Waals surface area (Å²) in [6.45, 7) is 6.09. The van der Waals surface area contributed by atoms with Crippen molar-refractivity contribution in [2.45, 2.75) is 64.5 Å². The Morgan fingerprint density at radius 3 is 2.71 bits per heavy atom. The molecule has 1 N–H and O–H groups in total. The van der Waals surface area contributed by atoms with Crippen molar-refractivity contribution in [1.29, 1.82) is 0 Å². The van der Waals surface area contributed by atoms with E-state index in [2.05, 4.69) is 10.2 Å². The molecule has 1 aliphatic carbocycles. The number of likely N-dealkylation sites (tertiary alicyclic amines) is 1. The SMILES string of the molecule is CCOC(=O)[C@@H]1CCC[C@H]1N1CCC[C@H](NC(=O)CC)C1. The van der Waals surface area contributed by atoms with Gasteiger partial charge in [0.1, 0.15) is 0 Å². The van der Waals surface area contributed by atoms with Crippen LogP contribution in [0.4, 0.5) is 0 Å². The molecule has 1 saturated carbocycles. The Bertz CT molecular complexity index is 373. The first-order valence-electron chi connectivity index (χ1n) is 8.35. The first-order valence-corrected chi connectivity index (χ1v) is 8.35. The van der Waals surface area contributed by atoms with E-state index in [1.165, 1.54) is 0 Å². The quantitative estimate of drug-likeness (QED) is 0.785. The standard InChI is InChI=1S/C16H28N2O3/c1-3-15(19)17-12-7-6-10-18(11-12)14-9-5-8-13(14)16(20)21-4-2/h12-14H,3-11H2,1-2H3,(H,17,19)/t12-,13+,14+/m0/s1. The normalized spacial score (nSPS) is 30.1. The van der Waals surface area contributed by atoms with Crippen LogP contribution in [0.3, 0.4) is 0 Å². The Morgan fingerprint density at radius 2 is 2.00 bits per heavy atom. The highest BCUT2D eigenvalue weighted by Gasteiger charge is 2.39. The Hall–Kier alpha value is -1.10. The van der Waals surface area contributed by atoms with Crippen LogP contribution >= 0.6 is 0 Å². The van der Waals surface area contributed by atoms with Gasteiger partial charge in [-0.3, -0.25) is 14.5 Å². The van der Waals surface area contributed by atoms with Crippen LogP contribution in [0.1, 0.15) is 52.4 Å². The third-order valence-corrected chi connectivity index (χ3v) is 4.68. The van der Waals surface area contributed by atoms with Crippen molar-refractivity contribution >= 4 is 11.9 Å². The van der Waals surface area contributed by atoms with E-state index in [9.17, 15) is 9.59 Å². The molecule has 1 heterocycles. The molecule has 3 atom stereocenters. The lowest BCUT2D eigenvalue weighted by atomic mass is 9.97. The van der Waals surface area contributed by atoms with Crippen LogP contribution < -0.4 is 5.32 Å². The molecule has 5 heteroatoms. The van der Waals surface area contributed by atoms with Crippen LogP contribution in [0.25, 0.3) is 0 Å². The van der Waals surface area contributed by atoms with Gasteiger partial charge in [-0.15, -0.1) is 0 Å².